The molecule has 3 rings (SSSR count). The van der Waals surface area contributed by atoms with Gasteiger partial charge in [-0.05, 0) is 87.1 Å². The van der Waals surface area contributed by atoms with Crippen molar-refractivity contribution in [2.75, 3.05) is 18.6 Å². The Morgan fingerprint density at radius 1 is 1.10 bits per heavy atom. The van der Waals surface area contributed by atoms with E-state index in [1.807, 2.05) is 7.11 Å². The molecule has 0 saturated carbocycles. The first kappa shape index (κ1) is 24.2. The molecule has 0 unspecified atom stereocenters. The largest absolute Gasteiger partial charge is 0.407 e. The minimum absolute atomic E-state index is 0.0623. The van der Waals surface area contributed by atoms with E-state index in [0.717, 1.165) is 19.3 Å². The summed E-state index contributed by atoms with van der Waals surface area (Å²) in [6.07, 6.45) is 10.8. The van der Waals surface area contributed by atoms with Gasteiger partial charge in [-0.15, -0.1) is 23.5 Å². The highest BCUT2D eigenvalue weighted by Crippen LogP contribution is 2.55. The smallest absolute Gasteiger partial charge is 0.193 e. The first-order chi connectivity index (χ1) is 14.0. The summed E-state index contributed by atoms with van der Waals surface area (Å²) in [6, 6.07) is 3.55. The third-order valence-electron chi connectivity index (χ3n) is 7.42. The van der Waals surface area contributed by atoms with E-state index in [9.17, 15) is 0 Å². The Labute approximate surface area is 188 Å². The second-order valence-electron chi connectivity index (χ2n) is 9.13. The van der Waals surface area contributed by atoms with Crippen molar-refractivity contribution in [3.63, 3.8) is 0 Å². The molecule has 1 aliphatic carbocycles. The highest BCUT2D eigenvalue weighted by Gasteiger charge is 2.55. The van der Waals surface area contributed by atoms with Gasteiger partial charge in [0.1, 0.15) is 4.08 Å². The van der Waals surface area contributed by atoms with E-state index < -0.39 is 8.32 Å². The van der Waals surface area contributed by atoms with Gasteiger partial charge in [0.2, 0.25) is 0 Å². The van der Waals surface area contributed by atoms with Crippen LogP contribution in [0.15, 0.2) is 11.6 Å². The van der Waals surface area contributed by atoms with E-state index in [-0.39, 0.29) is 22.1 Å². The summed E-state index contributed by atoms with van der Waals surface area (Å²) in [7, 11) is 0.0785. The molecule has 3 nitrogen and oxygen atoms in total. The van der Waals surface area contributed by atoms with Crippen molar-refractivity contribution in [1.82, 2.24) is 0 Å². The zero-order valence-electron chi connectivity index (χ0n) is 19.3. The molecule has 0 aromatic heterocycles. The lowest BCUT2D eigenvalue weighted by Gasteiger charge is -2.53. The third-order valence-corrected chi connectivity index (χ3v) is 15.5. The van der Waals surface area contributed by atoms with Crippen LogP contribution in [-0.4, -0.2) is 49.0 Å². The monoisotopic (exact) mass is 458 g/mol. The third kappa shape index (κ3) is 5.14. The zero-order valence-corrected chi connectivity index (χ0v) is 21.9. The van der Waals surface area contributed by atoms with E-state index in [0.29, 0.717) is 0 Å². The Kier molecular flexibility index (Phi) is 8.70. The first-order valence-corrected chi connectivity index (χ1v) is 16.3. The quantitative estimate of drug-likeness (QED) is 0.289. The summed E-state index contributed by atoms with van der Waals surface area (Å²) in [6.45, 7) is 9.30. The standard InChI is InChI=1S/C23H42O3S2Si/c1-6-29(7-2,8-3)26-20(19-13-10-9-11-14-19)22(4)15-16-23(21(24-5)25-22)27-17-12-18-28-23/h13,20-21H,6-12,14-18H2,1-5H3/t20-,21+,22+/m0/s1. The molecule has 0 amide bonds. The molecule has 29 heavy (non-hydrogen) atoms. The predicted molar refractivity (Wildman–Crippen MR) is 130 cm³/mol. The molecule has 0 N–H and O–H groups in total. The zero-order chi connectivity index (χ0) is 21.0. The lowest BCUT2D eigenvalue weighted by molar-refractivity contribution is -0.242. The van der Waals surface area contributed by atoms with Crippen LogP contribution in [0.5, 0.6) is 0 Å². The Bertz CT molecular complexity index is 552. The highest BCUT2D eigenvalue weighted by atomic mass is 32.2. The van der Waals surface area contributed by atoms with Crippen molar-refractivity contribution in [3.8, 4) is 0 Å². The van der Waals surface area contributed by atoms with Gasteiger partial charge >= 0.3 is 0 Å². The fourth-order valence-corrected chi connectivity index (χ4v) is 11.4. The molecule has 3 atom stereocenters. The molecule has 3 aliphatic rings. The van der Waals surface area contributed by atoms with Gasteiger partial charge in [-0.3, -0.25) is 0 Å². The van der Waals surface area contributed by atoms with Crippen molar-refractivity contribution in [2.45, 2.75) is 113 Å². The van der Waals surface area contributed by atoms with E-state index in [1.165, 1.54) is 60.9 Å². The first-order valence-electron chi connectivity index (χ1n) is 11.8. The van der Waals surface area contributed by atoms with Crippen LogP contribution in [0, 0.1) is 0 Å². The number of hydrogen-bond donors (Lipinski definition) is 0. The predicted octanol–water partition coefficient (Wildman–Crippen LogP) is 6.99. The van der Waals surface area contributed by atoms with Crippen LogP contribution < -0.4 is 0 Å². The molecule has 6 heteroatoms. The van der Waals surface area contributed by atoms with Crippen LogP contribution in [0.2, 0.25) is 18.1 Å². The SMILES string of the molecule is CC[Si](CC)(CC)O[C@@H](C1=CCCCC1)[C@@]1(C)CCC2(SCCCS2)[C@H](OC)O1. The highest BCUT2D eigenvalue weighted by molar-refractivity contribution is 8.18. The fourth-order valence-electron chi connectivity index (χ4n) is 5.17. The topological polar surface area (TPSA) is 27.7 Å². The molecule has 0 radical (unpaired) electrons. The van der Waals surface area contributed by atoms with Gasteiger partial charge < -0.3 is 13.9 Å². The molecular formula is C23H42O3S2Si. The van der Waals surface area contributed by atoms with Gasteiger partial charge in [-0.1, -0.05) is 26.8 Å². The number of rotatable bonds is 8. The maximum atomic E-state index is 7.21. The van der Waals surface area contributed by atoms with Crippen LogP contribution in [0.25, 0.3) is 0 Å². The van der Waals surface area contributed by atoms with Crippen molar-refractivity contribution >= 4 is 31.8 Å². The van der Waals surface area contributed by atoms with E-state index >= 15 is 0 Å². The Balaban J connectivity index is 1.89. The van der Waals surface area contributed by atoms with Gasteiger partial charge in [0.05, 0.1) is 11.7 Å². The van der Waals surface area contributed by atoms with Crippen molar-refractivity contribution in [2.24, 2.45) is 0 Å². The molecular weight excluding hydrogens is 416 g/mol. The van der Waals surface area contributed by atoms with Crippen LogP contribution in [0.4, 0.5) is 0 Å². The van der Waals surface area contributed by atoms with E-state index in [2.05, 4.69) is 57.3 Å². The van der Waals surface area contributed by atoms with Gasteiger partial charge in [-0.25, -0.2) is 0 Å². The number of allylic oxidation sites excluding steroid dienone is 1. The maximum absolute atomic E-state index is 7.21. The average Bonchev–Trinajstić information content (AvgIpc) is 2.78. The van der Waals surface area contributed by atoms with Crippen molar-refractivity contribution in [3.05, 3.63) is 11.6 Å². The van der Waals surface area contributed by atoms with Crippen LogP contribution >= 0.6 is 23.5 Å². The average molecular weight is 459 g/mol. The lowest BCUT2D eigenvalue weighted by atomic mass is 9.82. The second-order valence-corrected chi connectivity index (χ2v) is 17.0. The summed E-state index contributed by atoms with van der Waals surface area (Å²) in [5, 5.41) is 0. The molecule has 2 aliphatic heterocycles. The summed E-state index contributed by atoms with van der Waals surface area (Å²) in [4.78, 5) is 0. The maximum Gasteiger partial charge on any atom is 0.193 e. The minimum Gasteiger partial charge on any atom is -0.407 e. The molecule has 0 bridgehead atoms. The minimum atomic E-state index is -1.75. The number of thioether (sulfide) groups is 2. The van der Waals surface area contributed by atoms with Crippen molar-refractivity contribution in [1.29, 1.82) is 0 Å². The molecule has 0 aromatic carbocycles. The van der Waals surface area contributed by atoms with Gasteiger partial charge in [0.25, 0.3) is 0 Å². The van der Waals surface area contributed by atoms with Crippen LogP contribution in [-0.2, 0) is 13.9 Å². The fraction of sp³-hybridized carbons (Fsp3) is 0.913. The van der Waals surface area contributed by atoms with E-state index in [1.54, 1.807) is 0 Å². The summed E-state index contributed by atoms with van der Waals surface area (Å²) in [5.74, 6) is 2.44. The molecule has 2 fully saturated rings. The molecule has 2 heterocycles. The Hall–Kier alpha value is 0.537. The normalized spacial score (nSPS) is 31.5. The van der Waals surface area contributed by atoms with Crippen LogP contribution in [0.1, 0.15) is 72.6 Å². The molecule has 0 aromatic rings. The Morgan fingerprint density at radius 3 is 2.34 bits per heavy atom. The van der Waals surface area contributed by atoms with Crippen LogP contribution in [0.3, 0.4) is 0 Å². The van der Waals surface area contributed by atoms with Gasteiger partial charge in [0, 0.05) is 7.11 Å². The number of methoxy groups -OCH3 is 1. The molecule has 2 saturated heterocycles. The molecule has 168 valence electrons. The lowest BCUT2D eigenvalue weighted by Crippen LogP contribution is -2.59. The van der Waals surface area contributed by atoms with Crippen molar-refractivity contribution < 1.29 is 13.9 Å². The van der Waals surface area contributed by atoms with Gasteiger partial charge in [0.15, 0.2) is 14.6 Å². The molecule has 1 spiro atoms. The number of ether oxygens (including phenoxy) is 2. The van der Waals surface area contributed by atoms with Gasteiger partial charge in [-0.2, -0.15) is 0 Å². The second kappa shape index (κ2) is 10.4. The summed E-state index contributed by atoms with van der Waals surface area (Å²) in [5.41, 5.74) is 1.20. The number of hydrogen-bond acceptors (Lipinski definition) is 5. The van der Waals surface area contributed by atoms with E-state index in [4.69, 9.17) is 13.9 Å². The summed E-state index contributed by atoms with van der Waals surface area (Å²) >= 11 is 4.12. The Morgan fingerprint density at radius 2 is 1.79 bits per heavy atom. The summed E-state index contributed by atoms with van der Waals surface area (Å²) < 4.78 is 20.2.